The van der Waals surface area contributed by atoms with Crippen LogP contribution in [0.2, 0.25) is 0 Å². The lowest BCUT2D eigenvalue weighted by Crippen LogP contribution is -2.24. The predicted molar refractivity (Wildman–Crippen MR) is 79.3 cm³/mol. The first-order chi connectivity index (χ1) is 11.7. The van der Waals surface area contributed by atoms with E-state index >= 15 is 0 Å². The number of carbonyl (C=O) groups excluding carboxylic acids is 1. The molecule has 0 fully saturated rings. The van der Waals surface area contributed by atoms with E-state index in [1.54, 1.807) is 6.07 Å². The van der Waals surface area contributed by atoms with E-state index in [1.165, 1.54) is 31.6 Å². The highest BCUT2D eigenvalue weighted by Gasteiger charge is 2.12. The number of aromatic amines is 1. The van der Waals surface area contributed by atoms with Gasteiger partial charge in [0.05, 0.1) is 7.11 Å². The van der Waals surface area contributed by atoms with Crippen molar-refractivity contribution in [2.75, 3.05) is 7.11 Å². The fourth-order valence-electron chi connectivity index (χ4n) is 1.96. The molecule has 0 spiro atoms. The fraction of sp³-hybridized carbons (Fsp3) is 0.143. The van der Waals surface area contributed by atoms with E-state index in [4.69, 9.17) is 4.74 Å². The molecule has 0 saturated heterocycles. The summed E-state index contributed by atoms with van der Waals surface area (Å²) in [5.74, 6) is -0.503. The number of ether oxygens (including phenoxy) is 1. The van der Waals surface area contributed by atoms with Crippen LogP contribution in [0.15, 0.2) is 30.6 Å². The molecule has 0 saturated carbocycles. The quantitative estimate of drug-likeness (QED) is 0.708. The Balaban J connectivity index is 1.70. The molecular formula is C14H12FN7O2. The van der Waals surface area contributed by atoms with Crippen LogP contribution in [0.5, 0.6) is 5.75 Å². The molecule has 0 aliphatic carbocycles. The monoisotopic (exact) mass is 329 g/mol. The van der Waals surface area contributed by atoms with Gasteiger partial charge in [0.15, 0.2) is 11.6 Å². The van der Waals surface area contributed by atoms with Gasteiger partial charge in [-0.15, -0.1) is 10.2 Å². The summed E-state index contributed by atoms with van der Waals surface area (Å²) < 4.78 is 18.3. The standard InChI is InChI=1S/C14H12FN7O2/c1-24-12-4-8(2-3-9(12)15)6-16-14(23)11-5-10(17-7-18-11)13-19-21-22-20-13/h2-5,7H,6H2,1H3,(H,16,23)(H,19,20,21,22). The van der Waals surface area contributed by atoms with Crippen molar-refractivity contribution in [3.8, 4) is 17.3 Å². The molecular weight excluding hydrogens is 317 g/mol. The number of hydrogen-bond donors (Lipinski definition) is 2. The molecule has 0 radical (unpaired) electrons. The van der Waals surface area contributed by atoms with Crippen LogP contribution >= 0.6 is 0 Å². The lowest BCUT2D eigenvalue weighted by Gasteiger charge is -2.07. The fourth-order valence-corrected chi connectivity index (χ4v) is 1.96. The summed E-state index contributed by atoms with van der Waals surface area (Å²) in [5.41, 5.74) is 1.21. The van der Waals surface area contributed by atoms with Crippen LogP contribution in [0.1, 0.15) is 16.1 Å². The van der Waals surface area contributed by atoms with Crippen molar-refractivity contribution in [1.82, 2.24) is 35.9 Å². The smallest absolute Gasteiger partial charge is 0.270 e. The third-order valence-corrected chi connectivity index (χ3v) is 3.14. The van der Waals surface area contributed by atoms with Crippen LogP contribution in [0.3, 0.4) is 0 Å². The van der Waals surface area contributed by atoms with Gasteiger partial charge in [-0.25, -0.2) is 14.4 Å². The van der Waals surface area contributed by atoms with Crippen molar-refractivity contribution in [2.24, 2.45) is 0 Å². The Morgan fingerprint density at radius 1 is 1.33 bits per heavy atom. The maximum absolute atomic E-state index is 13.4. The van der Waals surface area contributed by atoms with Gasteiger partial charge in [-0.2, -0.15) is 5.21 Å². The highest BCUT2D eigenvalue weighted by Crippen LogP contribution is 2.18. The van der Waals surface area contributed by atoms with Gasteiger partial charge in [0, 0.05) is 6.54 Å². The summed E-state index contributed by atoms with van der Waals surface area (Å²) in [4.78, 5) is 20.1. The highest BCUT2D eigenvalue weighted by molar-refractivity contribution is 5.92. The first-order valence-corrected chi connectivity index (χ1v) is 6.84. The molecule has 122 valence electrons. The maximum atomic E-state index is 13.4. The van der Waals surface area contributed by atoms with E-state index < -0.39 is 11.7 Å². The number of benzene rings is 1. The Hall–Kier alpha value is -3.43. The van der Waals surface area contributed by atoms with Gasteiger partial charge >= 0.3 is 0 Å². The summed E-state index contributed by atoms with van der Waals surface area (Å²) in [5, 5.41) is 16.0. The van der Waals surface area contributed by atoms with Crippen LogP contribution in [-0.4, -0.2) is 43.6 Å². The van der Waals surface area contributed by atoms with Crippen molar-refractivity contribution in [3.05, 3.63) is 47.7 Å². The second kappa shape index (κ2) is 6.77. The lowest BCUT2D eigenvalue weighted by atomic mass is 10.2. The Kier molecular flexibility index (Phi) is 4.36. The van der Waals surface area contributed by atoms with E-state index in [2.05, 4.69) is 35.9 Å². The van der Waals surface area contributed by atoms with Gasteiger partial charge in [-0.3, -0.25) is 4.79 Å². The maximum Gasteiger partial charge on any atom is 0.270 e. The molecule has 1 aromatic carbocycles. The zero-order chi connectivity index (χ0) is 16.9. The number of nitrogens with zero attached hydrogens (tertiary/aromatic N) is 5. The first-order valence-electron chi connectivity index (χ1n) is 6.84. The second-order valence-electron chi connectivity index (χ2n) is 4.68. The zero-order valence-electron chi connectivity index (χ0n) is 12.5. The molecule has 0 bridgehead atoms. The lowest BCUT2D eigenvalue weighted by molar-refractivity contribution is 0.0945. The summed E-state index contributed by atoms with van der Waals surface area (Å²) in [6.07, 6.45) is 1.24. The number of amides is 1. The highest BCUT2D eigenvalue weighted by atomic mass is 19.1. The topological polar surface area (TPSA) is 119 Å². The molecule has 24 heavy (non-hydrogen) atoms. The van der Waals surface area contributed by atoms with E-state index in [0.717, 1.165) is 0 Å². The molecule has 0 aliphatic heterocycles. The van der Waals surface area contributed by atoms with Crippen molar-refractivity contribution in [2.45, 2.75) is 6.54 Å². The molecule has 2 aromatic heterocycles. The van der Waals surface area contributed by atoms with Crippen molar-refractivity contribution in [3.63, 3.8) is 0 Å². The number of halogens is 1. The first kappa shape index (κ1) is 15.5. The molecule has 1 amide bonds. The molecule has 0 atom stereocenters. The van der Waals surface area contributed by atoms with E-state index in [0.29, 0.717) is 11.3 Å². The Bertz CT molecular complexity index is 854. The van der Waals surface area contributed by atoms with Crippen molar-refractivity contribution in [1.29, 1.82) is 0 Å². The number of rotatable bonds is 5. The molecule has 3 aromatic rings. The largest absolute Gasteiger partial charge is 0.494 e. The molecule has 0 unspecified atom stereocenters. The van der Waals surface area contributed by atoms with E-state index in [1.807, 2.05) is 0 Å². The third kappa shape index (κ3) is 3.32. The number of hydrogen-bond acceptors (Lipinski definition) is 7. The Labute approximate surface area is 135 Å². The minimum Gasteiger partial charge on any atom is -0.494 e. The number of aromatic nitrogens is 6. The second-order valence-corrected chi connectivity index (χ2v) is 4.68. The summed E-state index contributed by atoms with van der Waals surface area (Å²) >= 11 is 0. The third-order valence-electron chi connectivity index (χ3n) is 3.14. The molecule has 3 rings (SSSR count). The summed E-state index contributed by atoms with van der Waals surface area (Å²) in [7, 11) is 1.38. The van der Waals surface area contributed by atoms with Gasteiger partial charge in [0.25, 0.3) is 5.91 Å². The number of methoxy groups -OCH3 is 1. The van der Waals surface area contributed by atoms with E-state index in [9.17, 15) is 9.18 Å². The number of carbonyl (C=O) groups is 1. The van der Waals surface area contributed by atoms with Crippen molar-refractivity contribution < 1.29 is 13.9 Å². The molecule has 9 nitrogen and oxygen atoms in total. The van der Waals surface area contributed by atoms with Gasteiger partial charge in [0.1, 0.15) is 17.7 Å². The average Bonchev–Trinajstić information content (AvgIpc) is 3.15. The SMILES string of the molecule is COc1cc(CNC(=O)c2cc(-c3nn[nH]n3)ncn2)ccc1F. The summed E-state index contributed by atoms with van der Waals surface area (Å²) in [6.45, 7) is 0.191. The van der Waals surface area contributed by atoms with Crippen LogP contribution < -0.4 is 10.1 Å². The zero-order valence-corrected chi connectivity index (χ0v) is 12.5. The number of tetrazole rings is 1. The predicted octanol–water partition coefficient (Wildman–Crippen LogP) is 0.734. The van der Waals surface area contributed by atoms with Crippen LogP contribution in [-0.2, 0) is 6.54 Å². The van der Waals surface area contributed by atoms with Gasteiger partial charge < -0.3 is 10.1 Å². The van der Waals surface area contributed by atoms with Crippen LogP contribution in [0.25, 0.3) is 11.5 Å². The average molecular weight is 329 g/mol. The Morgan fingerprint density at radius 3 is 2.96 bits per heavy atom. The minimum atomic E-state index is -0.465. The van der Waals surface area contributed by atoms with Gasteiger partial charge in [-0.05, 0) is 29.0 Å². The number of H-pyrrole nitrogens is 1. The molecule has 2 heterocycles. The number of nitrogens with one attached hydrogen (secondary N) is 2. The van der Waals surface area contributed by atoms with Crippen molar-refractivity contribution >= 4 is 5.91 Å². The van der Waals surface area contributed by atoms with Crippen LogP contribution in [0.4, 0.5) is 4.39 Å². The Morgan fingerprint density at radius 2 is 2.21 bits per heavy atom. The normalized spacial score (nSPS) is 10.4. The van der Waals surface area contributed by atoms with E-state index in [-0.39, 0.29) is 23.8 Å². The molecule has 2 N–H and O–H groups in total. The minimum absolute atomic E-state index is 0.114. The van der Waals surface area contributed by atoms with Crippen LogP contribution in [0, 0.1) is 5.82 Å². The molecule has 0 aliphatic rings. The van der Waals surface area contributed by atoms with Gasteiger partial charge in [0.2, 0.25) is 5.82 Å². The van der Waals surface area contributed by atoms with Gasteiger partial charge in [-0.1, -0.05) is 6.07 Å². The summed E-state index contributed by atoms with van der Waals surface area (Å²) in [6, 6.07) is 5.80. The molecule has 10 heteroatoms.